The van der Waals surface area contributed by atoms with Gasteiger partial charge in [-0.2, -0.15) is 0 Å². The number of aromatic nitrogens is 3. The van der Waals surface area contributed by atoms with E-state index in [4.69, 9.17) is 16.3 Å². The Kier molecular flexibility index (Phi) is 2.64. The molecule has 1 aromatic carbocycles. The average molecular weight is 260 g/mol. The van der Waals surface area contributed by atoms with Gasteiger partial charge in [-0.1, -0.05) is 23.7 Å². The number of hydrogen-bond donors (Lipinski definition) is 0. The Labute approximate surface area is 109 Å². The summed E-state index contributed by atoms with van der Waals surface area (Å²) in [6, 6.07) is 11.1. The summed E-state index contributed by atoms with van der Waals surface area (Å²) in [4.78, 5) is 4.45. The molecule has 0 bridgehead atoms. The van der Waals surface area contributed by atoms with Crippen LogP contribution in [0.3, 0.4) is 0 Å². The van der Waals surface area contributed by atoms with Crippen molar-refractivity contribution in [2.75, 3.05) is 7.11 Å². The van der Waals surface area contributed by atoms with Crippen molar-refractivity contribution in [3.63, 3.8) is 0 Å². The van der Waals surface area contributed by atoms with Crippen LogP contribution >= 0.6 is 11.6 Å². The summed E-state index contributed by atoms with van der Waals surface area (Å²) in [5, 5.41) is 5.06. The van der Waals surface area contributed by atoms with Crippen molar-refractivity contribution in [3.05, 3.63) is 47.6 Å². The van der Waals surface area contributed by atoms with E-state index >= 15 is 0 Å². The van der Waals surface area contributed by atoms with Gasteiger partial charge >= 0.3 is 0 Å². The van der Waals surface area contributed by atoms with Crippen LogP contribution in [0, 0.1) is 0 Å². The molecule has 0 aliphatic heterocycles. The van der Waals surface area contributed by atoms with Crippen molar-refractivity contribution in [2.45, 2.75) is 0 Å². The van der Waals surface area contributed by atoms with Gasteiger partial charge in [-0.25, -0.2) is 9.50 Å². The van der Waals surface area contributed by atoms with Crippen LogP contribution in [0.5, 0.6) is 5.75 Å². The number of methoxy groups -OCH3 is 1. The van der Waals surface area contributed by atoms with Crippen molar-refractivity contribution < 1.29 is 4.74 Å². The Morgan fingerprint density at radius 2 is 2.11 bits per heavy atom. The Bertz CT molecular complexity index is 708. The van der Waals surface area contributed by atoms with Gasteiger partial charge < -0.3 is 4.74 Å². The first-order chi connectivity index (χ1) is 8.76. The van der Waals surface area contributed by atoms with Crippen molar-refractivity contribution in [1.82, 2.24) is 14.6 Å². The third kappa shape index (κ3) is 1.91. The number of benzene rings is 1. The molecule has 3 rings (SSSR count). The molecule has 0 saturated carbocycles. The third-order valence-electron chi connectivity index (χ3n) is 2.63. The number of halogens is 1. The fourth-order valence-electron chi connectivity index (χ4n) is 1.74. The van der Waals surface area contributed by atoms with Gasteiger partial charge in [-0.15, -0.1) is 5.10 Å². The molecule has 0 radical (unpaired) electrons. The van der Waals surface area contributed by atoms with Crippen molar-refractivity contribution >= 4 is 17.2 Å². The number of hydrogen-bond acceptors (Lipinski definition) is 3. The first-order valence-corrected chi connectivity index (χ1v) is 5.80. The van der Waals surface area contributed by atoms with Crippen molar-refractivity contribution in [2.24, 2.45) is 0 Å². The average Bonchev–Trinajstić information content (AvgIpc) is 2.81. The van der Waals surface area contributed by atoms with Gasteiger partial charge in [0.25, 0.3) is 0 Å². The smallest absolute Gasteiger partial charge is 0.182 e. The summed E-state index contributed by atoms with van der Waals surface area (Å²) < 4.78 is 6.86. The maximum atomic E-state index is 5.96. The molecular formula is C13H10ClN3O. The lowest BCUT2D eigenvalue weighted by Gasteiger charge is -1.97. The molecule has 0 saturated heterocycles. The summed E-state index contributed by atoms with van der Waals surface area (Å²) in [7, 11) is 1.63. The van der Waals surface area contributed by atoms with Crippen LogP contribution in [-0.4, -0.2) is 21.7 Å². The van der Waals surface area contributed by atoms with Crippen LogP contribution in [0.1, 0.15) is 0 Å². The summed E-state index contributed by atoms with van der Waals surface area (Å²) in [5.41, 5.74) is 1.63. The molecule has 18 heavy (non-hydrogen) atoms. The monoisotopic (exact) mass is 259 g/mol. The molecule has 0 fully saturated rings. The van der Waals surface area contributed by atoms with Gasteiger partial charge in [-0.05, 0) is 18.2 Å². The Hall–Kier alpha value is -2.07. The fourth-order valence-corrected chi connectivity index (χ4v) is 1.93. The minimum absolute atomic E-state index is 0.644. The second-order valence-electron chi connectivity index (χ2n) is 3.82. The molecule has 0 amide bonds. The van der Waals surface area contributed by atoms with Gasteiger partial charge in [0.2, 0.25) is 0 Å². The predicted octanol–water partition coefficient (Wildman–Crippen LogP) is 3.06. The molecule has 2 aromatic heterocycles. The van der Waals surface area contributed by atoms with Gasteiger partial charge in [0.15, 0.2) is 11.5 Å². The van der Waals surface area contributed by atoms with Crippen LogP contribution < -0.4 is 4.74 Å². The number of ether oxygens (including phenoxy) is 1. The third-order valence-corrected chi connectivity index (χ3v) is 2.86. The maximum Gasteiger partial charge on any atom is 0.182 e. The molecule has 0 aliphatic rings. The summed E-state index contributed by atoms with van der Waals surface area (Å²) in [6.07, 6.45) is 1.81. The minimum Gasteiger partial charge on any atom is -0.497 e. The first-order valence-electron chi connectivity index (χ1n) is 5.42. The Balaban J connectivity index is 2.13. The van der Waals surface area contributed by atoms with E-state index in [1.807, 2.05) is 42.6 Å². The van der Waals surface area contributed by atoms with E-state index in [-0.39, 0.29) is 0 Å². The topological polar surface area (TPSA) is 39.4 Å². The van der Waals surface area contributed by atoms with E-state index in [1.54, 1.807) is 11.6 Å². The lowest BCUT2D eigenvalue weighted by molar-refractivity contribution is 0.414. The Morgan fingerprint density at radius 1 is 1.22 bits per heavy atom. The van der Waals surface area contributed by atoms with Crippen LogP contribution in [0.2, 0.25) is 5.02 Å². The van der Waals surface area contributed by atoms with Crippen LogP contribution in [0.4, 0.5) is 0 Å². The Morgan fingerprint density at radius 3 is 2.89 bits per heavy atom. The van der Waals surface area contributed by atoms with E-state index in [0.29, 0.717) is 10.8 Å². The van der Waals surface area contributed by atoms with Gasteiger partial charge in [-0.3, -0.25) is 0 Å². The molecule has 3 aromatic rings. The van der Waals surface area contributed by atoms with E-state index in [1.165, 1.54) is 0 Å². The highest BCUT2D eigenvalue weighted by Gasteiger charge is 2.07. The maximum absolute atomic E-state index is 5.96. The SMILES string of the molecule is COc1ccn2nc(-c3cccc(Cl)c3)nc2c1. The van der Waals surface area contributed by atoms with E-state index in [0.717, 1.165) is 17.0 Å². The summed E-state index contributed by atoms with van der Waals surface area (Å²) in [5.74, 6) is 1.40. The molecule has 2 heterocycles. The largest absolute Gasteiger partial charge is 0.497 e. The number of pyridine rings is 1. The van der Waals surface area contributed by atoms with E-state index < -0.39 is 0 Å². The van der Waals surface area contributed by atoms with Gasteiger partial charge in [0.05, 0.1) is 7.11 Å². The van der Waals surface area contributed by atoms with Crippen LogP contribution in [0.25, 0.3) is 17.0 Å². The highest BCUT2D eigenvalue weighted by atomic mass is 35.5. The quantitative estimate of drug-likeness (QED) is 0.710. The zero-order valence-electron chi connectivity index (χ0n) is 9.67. The molecular weight excluding hydrogens is 250 g/mol. The fraction of sp³-hybridized carbons (Fsp3) is 0.0769. The molecule has 0 spiro atoms. The number of fused-ring (bicyclic) bond motifs is 1. The van der Waals surface area contributed by atoms with Crippen LogP contribution in [-0.2, 0) is 0 Å². The molecule has 0 unspecified atom stereocenters. The van der Waals surface area contributed by atoms with Crippen LogP contribution in [0.15, 0.2) is 42.6 Å². The molecule has 0 N–H and O–H groups in total. The van der Waals surface area contributed by atoms with E-state index in [2.05, 4.69) is 10.1 Å². The second-order valence-corrected chi connectivity index (χ2v) is 4.25. The summed E-state index contributed by atoms with van der Waals surface area (Å²) >= 11 is 5.96. The lowest BCUT2D eigenvalue weighted by Crippen LogP contribution is -1.88. The molecule has 90 valence electrons. The predicted molar refractivity (Wildman–Crippen MR) is 70.0 cm³/mol. The standard InChI is InChI=1S/C13H10ClN3O/c1-18-11-5-6-17-12(8-11)15-13(16-17)9-3-2-4-10(14)7-9/h2-8H,1H3. The molecule has 0 atom stereocenters. The minimum atomic E-state index is 0.644. The van der Waals surface area contributed by atoms with Gasteiger partial charge in [0.1, 0.15) is 5.75 Å². The number of rotatable bonds is 2. The molecule has 4 nitrogen and oxygen atoms in total. The van der Waals surface area contributed by atoms with Crippen molar-refractivity contribution in [1.29, 1.82) is 0 Å². The highest BCUT2D eigenvalue weighted by molar-refractivity contribution is 6.30. The zero-order chi connectivity index (χ0) is 12.5. The van der Waals surface area contributed by atoms with Gasteiger partial charge in [0, 0.05) is 22.8 Å². The van der Waals surface area contributed by atoms with Crippen molar-refractivity contribution in [3.8, 4) is 17.1 Å². The molecule has 0 aliphatic carbocycles. The zero-order valence-corrected chi connectivity index (χ0v) is 10.4. The van der Waals surface area contributed by atoms with E-state index in [9.17, 15) is 0 Å². The first kappa shape index (κ1) is 11.0. The highest BCUT2D eigenvalue weighted by Crippen LogP contribution is 2.21. The lowest BCUT2D eigenvalue weighted by atomic mass is 10.2. The normalized spacial score (nSPS) is 10.8. The second kappa shape index (κ2) is 4.31. The summed E-state index contributed by atoms with van der Waals surface area (Å²) in [6.45, 7) is 0. The number of nitrogens with zero attached hydrogens (tertiary/aromatic N) is 3. The molecule has 5 heteroatoms.